The van der Waals surface area contributed by atoms with Gasteiger partial charge in [0.25, 0.3) is 0 Å². The standard InChI is InChI=1S/C15H12Cl2N4S/c16-10-4-1-3-9(14(10)17)12-7-11(13-5-2-6-22-13)20-15-18-8-19-21(12)15/h1-6,8,11-12H,7H2,(H,18,19,20)/t11-,12-/m1/s1. The van der Waals surface area contributed by atoms with Crippen molar-refractivity contribution in [1.82, 2.24) is 14.8 Å². The molecule has 3 aromatic rings. The van der Waals surface area contributed by atoms with Crippen molar-refractivity contribution < 1.29 is 0 Å². The summed E-state index contributed by atoms with van der Waals surface area (Å²) in [5.41, 5.74) is 0.976. The summed E-state index contributed by atoms with van der Waals surface area (Å²) in [7, 11) is 0. The minimum Gasteiger partial charge on any atom is -0.347 e. The molecule has 4 rings (SSSR count). The van der Waals surface area contributed by atoms with Crippen LogP contribution in [-0.2, 0) is 0 Å². The van der Waals surface area contributed by atoms with Crippen LogP contribution < -0.4 is 5.32 Å². The van der Waals surface area contributed by atoms with E-state index < -0.39 is 0 Å². The van der Waals surface area contributed by atoms with E-state index in [9.17, 15) is 0 Å². The topological polar surface area (TPSA) is 42.7 Å². The molecule has 0 spiro atoms. The predicted molar refractivity (Wildman–Crippen MR) is 89.9 cm³/mol. The minimum absolute atomic E-state index is 0.0112. The average molecular weight is 351 g/mol. The van der Waals surface area contributed by atoms with E-state index in [-0.39, 0.29) is 12.1 Å². The van der Waals surface area contributed by atoms with Crippen molar-refractivity contribution in [2.24, 2.45) is 0 Å². The van der Waals surface area contributed by atoms with Crippen LogP contribution in [0.4, 0.5) is 5.95 Å². The van der Waals surface area contributed by atoms with Crippen LogP contribution in [0.1, 0.15) is 28.9 Å². The van der Waals surface area contributed by atoms with Crippen LogP contribution in [0.15, 0.2) is 42.0 Å². The molecule has 1 N–H and O–H groups in total. The quantitative estimate of drug-likeness (QED) is 0.722. The number of nitrogens with one attached hydrogen (secondary N) is 1. The van der Waals surface area contributed by atoms with Crippen LogP contribution >= 0.6 is 34.5 Å². The second kappa shape index (κ2) is 5.57. The second-order valence-electron chi connectivity index (χ2n) is 5.14. The lowest BCUT2D eigenvalue weighted by Gasteiger charge is -2.31. The number of hydrogen-bond acceptors (Lipinski definition) is 4. The molecule has 1 aliphatic rings. The van der Waals surface area contributed by atoms with E-state index in [0.717, 1.165) is 17.9 Å². The highest BCUT2D eigenvalue weighted by Crippen LogP contribution is 2.41. The molecule has 2 aromatic heterocycles. The molecule has 22 heavy (non-hydrogen) atoms. The maximum atomic E-state index is 6.42. The van der Waals surface area contributed by atoms with Gasteiger partial charge in [-0.05, 0) is 29.5 Å². The Balaban J connectivity index is 1.80. The third-order valence-corrected chi connectivity index (χ3v) is 5.68. The van der Waals surface area contributed by atoms with Gasteiger partial charge >= 0.3 is 0 Å². The molecule has 0 aliphatic carbocycles. The van der Waals surface area contributed by atoms with Crippen LogP contribution in [0.2, 0.25) is 10.0 Å². The van der Waals surface area contributed by atoms with E-state index in [4.69, 9.17) is 23.2 Å². The Hall–Kier alpha value is -1.56. The fourth-order valence-electron chi connectivity index (χ4n) is 2.83. The molecule has 0 unspecified atom stereocenters. The number of fused-ring (bicyclic) bond motifs is 1. The van der Waals surface area contributed by atoms with Gasteiger partial charge < -0.3 is 5.32 Å². The Morgan fingerprint density at radius 1 is 1.23 bits per heavy atom. The molecule has 3 heterocycles. The number of halogens is 2. The summed E-state index contributed by atoms with van der Waals surface area (Å²) in [6.07, 6.45) is 2.40. The van der Waals surface area contributed by atoms with E-state index >= 15 is 0 Å². The van der Waals surface area contributed by atoms with Gasteiger partial charge in [-0.15, -0.1) is 11.3 Å². The van der Waals surface area contributed by atoms with Crippen LogP contribution in [0.5, 0.6) is 0 Å². The zero-order valence-corrected chi connectivity index (χ0v) is 13.7. The van der Waals surface area contributed by atoms with Crippen molar-refractivity contribution in [1.29, 1.82) is 0 Å². The largest absolute Gasteiger partial charge is 0.347 e. The molecule has 112 valence electrons. The van der Waals surface area contributed by atoms with Gasteiger partial charge in [-0.1, -0.05) is 41.4 Å². The van der Waals surface area contributed by atoms with Gasteiger partial charge in [0.1, 0.15) is 6.33 Å². The number of hydrogen-bond donors (Lipinski definition) is 1. The molecular formula is C15H12Cl2N4S. The van der Waals surface area contributed by atoms with Crippen molar-refractivity contribution in [3.05, 3.63) is 62.5 Å². The summed E-state index contributed by atoms with van der Waals surface area (Å²) in [5.74, 6) is 0.755. The lowest BCUT2D eigenvalue weighted by atomic mass is 9.97. The minimum atomic E-state index is 0.0112. The molecule has 7 heteroatoms. The molecule has 0 saturated heterocycles. The zero-order chi connectivity index (χ0) is 15.1. The third kappa shape index (κ3) is 2.29. The Morgan fingerprint density at radius 3 is 2.95 bits per heavy atom. The molecule has 0 fully saturated rings. The van der Waals surface area contributed by atoms with E-state index in [0.29, 0.717) is 10.0 Å². The summed E-state index contributed by atoms with van der Waals surface area (Å²) in [4.78, 5) is 5.59. The Labute approximate surface area is 141 Å². The summed E-state index contributed by atoms with van der Waals surface area (Å²) in [5, 5.41) is 11.0. The zero-order valence-electron chi connectivity index (χ0n) is 11.4. The van der Waals surface area contributed by atoms with Gasteiger partial charge in [-0.3, -0.25) is 0 Å². The van der Waals surface area contributed by atoms with Crippen molar-refractivity contribution in [2.75, 3.05) is 5.32 Å². The molecule has 2 atom stereocenters. The first-order chi connectivity index (χ1) is 10.7. The Kier molecular flexibility index (Phi) is 3.56. The maximum absolute atomic E-state index is 6.42. The normalized spacial score (nSPS) is 20.5. The average Bonchev–Trinajstić information content (AvgIpc) is 3.19. The highest BCUT2D eigenvalue weighted by molar-refractivity contribution is 7.10. The maximum Gasteiger partial charge on any atom is 0.222 e. The number of aromatic nitrogens is 3. The molecule has 0 bridgehead atoms. The van der Waals surface area contributed by atoms with Crippen molar-refractivity contribution in [3.8, 4) is 0 Å². The fraction of sp³-hybridized carbons (Fsp3) is 0.200. The Bertz CT molecular complexity index is 800. The van der Waals surface area contributed by atoms with Crippen molar-refractivity contribution in [3.63, 3.8) is 0 Å². The lowest BCUT2D eigenvalue weighted by molar-refractivity contribution is 0.433. The number of benzene rings is 1. The Morgan fingerprint density at radius 2 is 2.14 bits per heavy atom. The van der Waals surface area contributed by atoms with E-state index in [2.05, 4.69) is 32.9 Å². The molecule has 0 amide bonds. The van der Waals surface area contributed by atoms with Gasteiger partial charge in [0, 0.05) is 4.88 Å². The van der Waals surface area contributed by atoms with Crippen molar-refractivity contribution >= 4 is 40.5 Å². The van der Waals surface area contributed by atoms with Gasteiger partial charge in [0.05, 0.1) is 22.1 Å². The molecule has 4 nitrogen and oxygen atoms in total. The molecule has 0 radical (unpaired) electrons. The van der Waals surface area contributed by atoms with E-state index in [1.165, 1.54) is 4.88 Å². The van der Waals surface area contributed by atoms with Crippen LogP contribution in [-0.4, -0.2) is 14.8 Å². The molecule has 1 aliphatic heterocycles. The first kappa shape index (κ1) is 14.1. The smallest absolute Gasteiger partial charge is 0.222 e. The highest BCUT2D eigenvalue weighted by atomic mass is 35.5. The number of rotatable bonds is 2. The van der Waals surface area contributed by atoms with Gasteiger partial charge in [-0.25, -0.2) is 4.68 Å². The molecule has 1 aromatic carbocycles. The van der Waals surface area contributed by atoms with E-state index in [1.807, 2.05) is 16.8 Å². The summed E-state index contributed by atoms with van der Waals surface area (Å²) in [6.45, 7) is 0. The van der Waals surface area contributed by atoms with Gasteiger partial charge in [-0.2, -0.15) is 10.1 Å². The van der Waals surface area contributed by atoms with Crippen LogP contribution in [0.25, 0.3) is 0 Å². The summed E-state index contributed by atoms with van der Waals surface area (Å²) in [6, 6.07) is 10.1. The fourth-order valence-corrected chi connectivity index (χ4v) is 4.06. The first-order valence-corrected chi connectivity index (χ1v) is 8.51. The van der Waals surface area contributed by atoms with Gasteiger partial charge in [0.15, 0.2) is 0 Å². The third-order valence-electron chi connectivity index (χ3n) is 3.86. The second-order valence-corrected chi connectivity index (χ2v) is 6.90. The van der Waals surface area contributed by atoms with Crippen LogP contribution in [0, 0.1) is 0 Å². The summed E-state index contributed by atoms with van der Waals surface area (Å²) < 4.78 is 1.88. The number of thiophene rings is 1. The van der Waals surface area contributed by atoms with E-state index in [1.54, 1.807) is 23.7 Å². The molecular weight excluding hydrogens is 339 g/mol. The number of anilines is 1. The van der Waals surface area contributed by atoms with Crippen molar-refractivity contribution in [2.45, 2.75) is 18.5 Å². The summed E-state index contributed by atoms with van der Waals surface area (Å²) >= 11 is 14.3. The molecule has 0 saturated carbocycles. The first-order valence-electron chi connectivity index (χ1n) is 6.87. The van der Waals surface area contributed by atoms with Crippen LogP contribution in [0.3, 0.4) is 0 Å². The SMILES string of the molecule is Clc1cccc([C@H]2C[C@H](c3cccs3)Nc3ncnn32)c1Cl. The lowest BCUT2D eigenvalue weighted by Crippen LogP contribution is -2.27. The monoisotopic (exact) mass is 350 g/mol. The number of nitrogens with zero attached hydrogens (tertiary/aromatic N) is 3. The van der Waals surface area contributed by atoms with Gasteiger partial charge in [0.2, 0.25) is 5.95 Å². The predicted octanol–water partition coefficient (Wildman–Crippen LogP) is 4.79. The highest BCUT2D eigenvalue weighted by Gasteiger charge is 2.31.